The van der Waals surface area contributed by atoms with E-state index in [2.05, 4.69) is 19.9 Å². The SMILES string of the molecule is CC(C)C[C@@H](C#N)C(C)C1OC(C)O1. The van der Waals surface area contributed by atoms with Gasteiger partial charge in [0.1, 0.15) is 0 Å². The molecule has 1 saturated heterocycles. The van der Waals surface area contributed by atoms with Crippen LogP contribution in [0.3, 0.4) is 0 Å². The lowest BCUT2D eigenvalue weighted by atomic mass is 9.87. The van der Waals surface area contributed by atoms with E-state index in [1.807, 2.05) is 13.8 Å². The van der Waals surface area contributed by atoms with Gasteiger partial charge in [0.25, 0.3) is 0 Å². The Balaban J connectivity index is 2.41. The van der Waals surface area contributed by atoms with Crippen molar-refractivity contribution >= 4 is 0 Å². The van der Waals surface area contributed by atoms with Crippen LogP contribution < -0.4 is 0 Å². The Morgan fingerprint density at radius 3 is 2.21 bits per heavy atom. The summed E-state index contributed by atoms with van der Waals surface area (Å²) in [5.74, 6) is 0.741. The number of hydrogen-bond donors (Lipinski definition) is 0. The summed E-state index contributed by atoms with van der Waals surface area (Å²) in [6.07, 6.45) is 0.643. The lowest BCUT2D eigenvalue weighted by molar-refractivity contribution is -0.393. The zero-order valence-electron chi connectivity index (χ0n) is 9.36. The first-order chi connectivity index (χ1) is 6.54. The van der Waals surface area contributed by atoms with Gasteiger partial charge in [0.15, 0.2) is 12.6 Å². The second-order valence-electron chi connectivity index (χ2n) is 4.43. The molecule has 3 nitrogen and oxygen atoms in total. The highest BCUT2D eigenvalue weighted by molar-refractivity contribution is 4.89. The van der Waals surface area contributed by atoms with Crippen LogP contribution in [-0.4, -0.2) is 12.6 Å². The molecule has 0 N–H and O–H groups in total. The van der Waals surface area contributed by atoms with Crippen molar-refractivity contribution in [1.82, 2.24) is 0 Å². The number of hydrogen-bond acceptors (Lipinski definition) is 3. The summed E-state index contributed by atoms with van der Waals surface area (Å²) in [4.78, 5) is 0. The molecule has 1 heterocycles. The maximum Gasteiger partial charge on any atom is 0.167 e. The average molecular weight is 197 g/mol. The average Bonchev–Trinajstić information content (AvgIpc) is 2.07. The van der Waals surface area contributed by atoms with Gasteiger partial charge in [-0.1, -0.05) is 20.8 Å². The number of nitriles is 1. The van der Waals surface area contributed by atoms with Gasteiger partial charge in [0, 0.05) is 5.92 Å². The zero-order valence-corrected chi connectivity index (χ0v) is 9.36. The van der Waals surface area contributed by atoms with Crippen LogP contribution in [0, 0.1) is 29.1 Å². The second-order valence-corrected chi connectivity index (χ2v) is 4.43. The van der Waals surface area contributed by atoms with E-state index in [0.717, 1.165) is 6.42 Å². The van der Waals surface area contributed by atoms with E-state index in [4.69, 9.17) is 14.7 Å². The molecule has 0 aromatic heterocycles. The third kappa shape index (κ3) is 2.70. The minimum Gasteiger partial charge on any atom is -0.324 e. The smallest absolute Gasteiger partial charge is 0.167 e. The van der Waals surface area contributed by atoms with E-state index in [0.29, 0.717) is 5.92 Å². The summed E-state index contributed by atoms with van der Waals surface area (Å²) >= 11 is 0. The lowest BCUT2D eigenvalue weighted by Crippen LogP contribution is -2.45. The van der Waals surface area contributed by atoms with Gasteiger partial charge in [0.05, 0.1) is 12.0 Å². The van der Waals surface area contributed by atoms with Gasteiger partial charge >= 0.3 is 0 Å². The number of rotatable bonds is 4. The summed E-state index contributed by atoms with van der Waals surface area (Å²) in [5.41, 5.74) is 0. The standard InChI is InChI=1S/C11H19NO2/c1-7(2)5-10(6-12)8(3)11-13-9(4)14-11/h7-11H,5H2,1-4H3/t8?,9?,10-,11?/m0/s1. The van der Waals surface area contributed by atoms with Crippen molar-refractivity contribution in [3.63, 3.8) is 0 Å². The summed E-state index contributed by atoms with van der Waals surface area (Å²) < 4.78 is 10.8. The maximum absolute atomic E-state index is 9.02. The van der Waals surface area contributed by atoms with Crippen molar-refractivity contribution in [2.75, 3.05) is 0 Å². The molecule has 2 atom stereocenters. The van der Waals surface area contributed by atoms with Crippen LogP contribution in [0.1, 0.15) is 34.1 Å². The Morgan fingerprint density at radius 2 is 1.86 bits per heavy atom. The van der Waals surface area contributed by atoms with E-state index in [1.165, 1.54) is 0 Å². The highest BCUT2D eigenvalue weighted by Gasteiger charge is 2.36. The van der Waals surface area contributed by atoms with Crippen molar-refractivity contribution in [1.29, 1.82) is 5.26 Å². The third-order valence-corrected chi connectivity index (χ3v) is 2.61. The molecule has 0 bridgehead atoms. The summed E-state index contributed by atoms with van der Waals surface area (Å²) in [5, 5.41) is 9.02. The maximum atomic E-state index is 9.02. The first-order valence-electron chi connectivity index (χ1n) is 5.25. The molecule has 0 amide bonds. The van der Waals surface area contributed by atoms with Crippen LogP contribution in [0.15, 0.2) is 0 Å². The zero-order chi connectivity index (χ0) is 10.7. The molecule has 0 aliphatic carbocycles. The van der Waals surface area contributed by atoms with Gasteiger partial charge in [0.2, 0.25) is 0 Å². The fraction of sp³-hybridized carbons (Fsp3) is 0.909. The van der Waals surface area contributed by atoms with E-state index < -0.39 is 0 Å². The number of nitrogens with zero attached hydrogens (tertiary/aromatic N) is 1. The van der Waals surface area contributed by atoms with Gasteiger partial charge in [-0.3, -0.25) is 0 Å². The van der Waals surface area contributed by atoms with Crippen LogP contribution in [0.5, 0.6) is 0 Å². The molecule has 1 aliphatic heterocycles. The molecule has 3 heteroatoms. The quantitative estimate of drug-likeness (QED) is 0.695. The van der Waals surface area contributed by atoms with Gasteiger partial charge in [-0.15, -0.1) is 0 Å². The van der Waals surface area contributed by atoms with Gasteiger partial charge in [-0.25, -0.2) is 0 Å². The van der Waals surface area contributed by atoms with Crippen molar-refractivity contribution < 1.29 is 9.47 Å². The fourth-order valence-electron chi connectivity index (χ4n) is 1.72. The molecule has 0 radical (unpaired) electrons. The molecular formula is C11H19NO2. The Kier molecular flexibility index (Phi) is 3.91. The monoisotopic (exact) mass is 197 g/mol. The predicted molar refractivity (Wildman–Crippen MR) is 53.1 cm³/mol. The minimum atomic E-state index is -0.173. The van der Waals surface area contributed by atoms with E-state index in [1.54, 1.807) is 0 Å². The van der Waals surface area contributed by atoms with Crippen molar-refractivity contribution in [3.8, 4) is 6.07 Å². The molecule has 1 fully saturated rings. The summed E-state index contributed by atoms with van der Waals surface area (Å²) in [6, 6.07) is 2.34. The topological polar surface area (TPSA) is 42.2 Å². The van der Waals surface area contributed by atoms with Crippen LogP contribution in [-0.2, 0) is 9.47 Å². The molecule has 0 spiro atoms. The van der Waals surface area contributed by atoms with Gasteiger partial charge in [-0.05, 0) is 19.3 Å². The van der Waals surface area contributed by atoms with Crippen LogP contribution in [0.4, 0.5) is 0 Å². The highest BCUT2D eigenvalue weighted by atomic mass is 16.9. The summed E-state index contributed by atoms with van der Waals surface area (Å²) in [7, 11) is 0. The highest BCUT2D eigenvalue weighted by Crippen LogP contribution is 2.30. The van der Waals surface area contributed by atoms with Crippen molar-refractivity contribution in [3.05, 3.63) is 0 Å². The summed E-state index contributed by atoms with van der Waals surface area (Å²) in [6.45, 7) is 8.14. The fourth-order valence-corrected chi connectivity index (χ4v) is 1.72. The molecular weight excluding hydrogens is 178 g/mol. The Morgan fingerprint density at radius 1 is 1.29 bits per heavy atom. The molecule has 80 valence electrons. The van der Waals surface area contributed by atoms with Gasteiger partial charge in [-0.2, -0.15) is 5.26 Å². The van der Waals surface area contributed by atoms with Crippen molar-refractivity contribution in [2.24, 2.45) is 17.8 Å². The molecule has 0 aromatic carbocycles. The molecule has 0 saturated carbocycles. The van der Waals surface area contributed by atoms with Crippen LogP contribution in [0.2, 0.25) is 0 Å². The molecule has 1 aliphatic rings. The minimum absolute atomic E-state index is 0.0347. The Labute approximate surface area is 86.0 Å². The number of ether oxygens (including phenoxy) is 2. The third-order valence-electron chi connectivity index (χ3n) is 2.61. The molecule has 1 rings (SSSR count). The predicted octanol–water partition coefficient (Wildman–Crippen LogP) is 2.53. The van der Waals surface area contributed by atoms with E-state index >= 15 is 0 Å². The first-order valence-corrected chi connectivity index (χ1v) is 5.25. The molecule has 14 heavy (non-hydrogen) atoms. The Bertz CT molecular complexity index is 216. The largest absolute Gasteiger partial charge is 0.324 e. The normalized spacial score (nSPS) is 30.6. The van der Waals surface area contributed by atoms with E-state index in [9.17, 15) is 0 Å². The molecule has 1 unspecified atom stereocenters. The van der Waals surface area contributed by atoms with Crippen LogP contribution >= 0.6 is 0 Å². The van der Waals surface area contributed by atoms with Crippen molar-refractivity contribution in [2.45, 2.75) is 46.7 Å². The molecule has 0 aromatic rings. The second kappa shape index (κ2) is 4.77. The van der Waals surface area contributed by atoms with E-state index in [-0.39, 0.29) is 24.4 Å². The van der Waals surface area contributed by atoms with Crippen LogP contribution in [0.25, 0.3) is 0 Å². The van der Waals surface area contributed by atoms with Gasteiger partial charge < -0.3 is 9.47 Å². The lowest BCUT2D eigenvalue weighted by Gasteiger charge is -2.39. The first kappa shape index (κ1) is 11.5. The Hall–Kier alpha value is -0.590.